The zero-order chi connectivity index (χ0) is 9.19. The van der Waals surface area contributed by atoms with Gasteiger partial charge in [0.2, 0.25) is 0 Å². The maximum Gasteiger partial charge on any atom is 0.0614 e. The van der Waals surface area contributed by atoms with Gasteiger partial charge < -0.3 is 5.11 Å². The van der Waals surface area contributed by atoms with E-state index in [0.29, 0.717) is 5.41 Å². The highest BCUT2D eigenvalue weighted by atomic mass is 16.2. The Morgan fingerprint density at radius 2 is 2.17 bits per heavy atom. The Bertz CT molecular complexity index is 179. The van der Waals surface area contributed by atoms with Crippen molar-refractivity contribution in [3.8, 4) is 0 Å². The van der Waals surface area contributed by atoms with Gasteiger partial charge in [0, 0.05) is 0 Å². The monoisotopic (exact) mass is 168 g/mol. The van der Waals surface area contributed by atoms with Gasteiger partial charge in [-0.25, -0.2) is 0 Å². The molecule has 12 heavy (non-hydrogen) atoms. The van der Waals surface area contributed by atoms with Crippen molar-refractivity contribution in [1.82, 2.24) is 0 Å². The first-order valence-electron chi connectivity index (χ1n) is 4.83. The summed E-state index contributed by atoms with van der Waals surface area (Å²) in [4.78, 5) is 0. The average molecular weight is 168 g/mol. The van der Waals surface area contributed by atoms with Gasteiger partial charge in [-0.2, -0.15) is 0 Å². The van der Waals surface area contributed by atoms with Crippen LogP contribution in [0.3, 0.4) is 0 Å². The van der Waals surface area contributed by atoms with Crippen LogP contribution in [0.5, 0.6) is 0 Å². The van der Waals surface area contributed by atoms with Gasteiger partial charge in [0.15, 0.2) is 0 Å². The third kappa shape index (κ3) is 2.63. The number of hydrogen-bond acceptors (Lipinski definition) is 1. The van der Waals surface area contributed by atoms with Crippen LogP contribution in [-0.2, 0) is 0 Å². The highest BCUT2D eigenvalue weighted by Gasteiger charge is 2.44. The van der Waals surface area contributed by atoms with Crippen LogP contribution in [0, 0.1) is 11.3 Å². The van der Waals surface area contributed by atoms with E-state index in [0.717, 1.165) is 12.3 Å². The van der Waals surface area contributed by atoms with Crippen molar-refractivity contribution in [2.45, 2.75) is 40.0 Å². The minimum Gasteiger partial charge on any atom is -0.392 e. The molecule has 0 aliphatic heterocycles. The molecule has 0 heterocycles. The van der Waals surface area contributed by atoms with Gasteiger partial charge in [0.25, 0.3) is 0 Å². The second-order valence-electron chi connectivity index (χ2n) is 4.66. The van der Waals surface area contributed by atoms with Crippen molar-refractivity contribution in [3.05, 3.63) is 11.6 Å². The molecule has 0 aromatic rings. The van der Waals surface area contributed by atoms with E-state index < -0.39 is 0 Å². The summed E-state index contributed by atoms with van der Waals surface area (Å²) >= 11 is 0. The molecular formula is C11H20O. The van der Waals surface area contributed by atoms with E-state index in [4.69, 9.17) is 5.11 Å². The molecule has 1 aliphatic carbocycles. The Morgan fingerprint density at radius 1 is 1.58 bits per heavy atom. The van der Waals surface area contributed by atoms with E-state index in [9.17, 15) is 0 Å². The molecule has 0 amide bonds. The fraction of sp³-hybridized carbons (Fsp3) is 0.818. The van der Waals surface area contributed by atoms with Crippen molar-refractivity contribution < 1.29 is 5.11 Å². The van der Waals surface area contributed by atoms with Crippen molar-refractivity contribution in [1.29, 1.82) is 0 Å². The first-order valence-corrected chi connectivity index (χ1v) is 4.83. The lowest BCUT2D eigenvalue weighted by atomic mass is 10.0. The number of aliphatic hydroxyl groups excluding tert-OH is 1. The van der Waals surface area contributed by atoms with E-state index in [1.807, 2.05) is 6.08 Å². The van der Waals surface area contributed by atoms with Gasteiger partial charge in [0.1, 0.15) is 0 Å². The molecule has 1 saturated carbocycles. The summed E-state index contributed by atoms with van der Waals surface area (Å²) in [6.45, 7) is 6.97. The molecule has 1 rings (SSSR count). The molecule has 0 saturated heterocycles. The standard InChI is InChI=1S/C11H20O/c1-9(6-7-12)4-5-10-8-11(10,2)3/h6,10,12H,4-5,7-8H2,1-3H3/t10-/m1/s1. The molecule has 1 fully saturated rings. The SMILES string of the molecule is CC(=CCO)CC[C@@H]1CC1(C)C. The topological polar surface area (TPSA) is 20.2 Å². The molecule has 0 aromatic carbocycles. The molecule has 1 N–H and O–H groups in total. The zero-order valence-corrected chi connectivity index (χ0v) is 8.43. The normalized spacial score (nSPS) is 27.3. The van der Waals surface area contributed by atoms with Gasteiger partial charge in [-0.05, 0) is 37.5 Å². The Morgan fingerprint density at radius 3 is 2.58 bits per heavy atom. The molecule has 0 unspecified atom stereocenters. The molecule has 0 aromatic heterocycles. The second-order valence-corrected chi connectivity index (χ2v) is 4.66. The van der Waals surface area contributed by atoms with Crippen LogP contribution < -0.4 is 0 Å². The van der Waals surface area contributed by atoms with Crippen molar-refractivity contribution >= 4 is 0 Å². The van der Waals surface area contributed by atoms with Gasteiger partial charge in [0.05, 0.1) is 6.61 Å². The van der Waals surface area contributed by atoms with Crippen LogP contribution in [0.25, 0.3) is 0 Å². The summed E-state index contributed by atoms with van der Waals surface area (Å²) in [5, 5.41) is 8.64. The van der Waals surface area contributed by atoms with Crippen LogP contribution in [0.4, 0.5) is 0 Å². The van der Waals surface area contributed by atoms with Crippen LogP contribution in [0.2, 0.25) is 0 Å². The van der Waals surface area contributed by atoms with Crippen molar-refractivity contribution in [2.75, 3.05) is 6.61 Å². The fourth-order valence-electron chi connectivity index (χ4n) is 1.73. The van der Waals surface area contributed by atoms with Crippen LogP contribution in [-0.4, -0.2) is 11.7 Å². The quantitative estimate of drug-likeness (QED) is 0.640. The van der Waals surface area contributed by atoms with Crippen LogP contribution in [0.15, 0.2) is 11.6 Å². The highest BCUT2D eigenvalue weighted by molar-refractivity contribution is 5.02. The minimum absolute atomic E-state index is 0.194. The first-order chi connectivity index (χ1) is 5.56. The van der Waals surface area contributed by atoms with E-state index in [2.05, 4.69) is 20.8 Å². The third-order valence-electron chi connectivity index (χ3n) is 3.04. The summed E-state index contributed by atoms with van der Waals surface area (Å²) in [6.07, 6.45) is 5.76. The average Bonchev–Trinajstić information content (AvgIpc) is 2.56. The Hall–Kier alpha value is -0.300. The van der Waals surface area contributed by atoms with Crippen LogP contribution in [0.1, 0.15) is 40.0 Å². The summed E-state index contributed by atoms with van der Waals surface area (Å²) in [7, 11) is 0. The number of allylic oxidation sites excluding steroid dienone is 1. The summed E-state index contributed by atoms with van der Waals surface area (Å²) in [5.41, 5.74) is 1.94. The summed E-state index contributed by atoms with van der Waals surface area (Å²) < 4.78 is 0. The predicted molar refractivity (Wildman–Crippen MR) is 52.0 cm³/mol. The molecular weight excluding hydrogens is 148 g/mol. The van der Waals surface area contributed by atoms with E-state index in [-0.39, 0.29) is 6.61 Å². The van der Waals surface area contributed by atoms with E-state index in [1.54, 1.807) is 0 Å². The minimum atomic E-state index is 0.194. The molecule has 1 heteroatoms. The largest absolute Gasteiger partial charge is 0.392 e. The zero-order valence-electron chi connectivity index (χ0n) is 8.43. The number of aliphatic hydroxyl groups is 1. The molecule has 0 bridgehead atoms. The van der Waals surface area contributed by atoms with Crippen molar-refractivity contribution in [3.63, 3.8) is 0 Å². The number of hydrogen-bond donors (Lipinski definition) is 1. The molecule has 70 valence electrons. The van der Waals surface area contributed by atoms with E-state index >= 15 is 0 Å². The third-order valence-corrected chi connectivity index (χ3v) is 3.04. The van der Waals surface area contributed by atoms with Gasteiger partial charge >= 0.3 is 0 Å². The number of rotatable bonds is 4. The lowest BCUT2D eigenvalue weighted by molar-refractivity contribution is 0.341. The lowest BCUT2D eigenvalue weighted by Gasteiger charge is -2.03. The fourth-order valence-corrected chi connectivity index (χ4v) is 1.73. The maximum absolute atomic E-state index is 8.64. The first kappa shape index (κ1) is 9.79. The second kappa shape index (κ2) is 3.61. The van der Waals surface area contributed by atoms with Crippen LogP contribution >= 0.6 is 0 Å². The summed E-state index contributed by atoms with van der Waals surface area (Å²) in [6, 6.07) is 0. The molecule has 1 atom stereocenters. The molecule has 1 aliphatic rings. The predicted octanol–water partition coefficient (Wildman–Crippen LogP) is 2.75. The Kier molecular flexibility index (Phi) is 2.94. The molecule has 0 spiro atoms. The van der Waals surface area contributed by atoms with Gasteiger partial charge in [-0.15, -0.1) is 0 Å². The van der Waals surface area contributed by atoms with Gasteiger partial charge in [-0.3, -0.25) is 0 Å². The lowest BCUT2D eigenvalue weighted by Crippen LogP contribution is -1.91. The maximum atomic E-state index is 8.64. The van der Waals surface area contributed by atoms with Gasteiger partial charge in [-0.1, -0.05) is 25.5 Å². The smallest absolute Gasteiger partial charge is 0.0614 e. The molecule has 0 radical (unpaired) electrons. The Balaban J connectivity index is 2.15. The summed E-state index contributed by atoms with van der Waals surface area (Å²) in [5.74, 6) is 0.930. The van der Waals surface area contributed by atoms with Crippen molar-refractivity contribution in [2.24, 2.45) is 11.3 Å². The highest BCUT2D eigenvalue weighted by Crippen LogP contribution is 2.54. The Labute approximate surface area is 75.5 Å². The van der Waals surface area contributed by atoms with E-state index in [1.165, 1.54) is 18.4 Å². The molecule has 1 nitrogen and oxygen atoms in total.